The van der Waals surface area contributed by atoms with Crippen molar-refractivity contribution >= 4 is 10.0 Å². The highest BCUT2D eigenvalue weighted by Gasteiger charge is 2.35. The van der Waals surface area contributed by atoms with Crippen molar-refractivity contribution in [2.24, 2.45) is 5.41 Å². The molecule has 120 valence electrons. The van der Waals surface area contributed by atoms with E-state index in [9.17, 15) is 8.42 Å². The maximum absolute atomic E-state index is 12.8. The van der Waals surface area contributed by atoms with Gasteiger partial charge in [0.2, 0.25) is 0 Å². The highest BCUT2D eigenvalue weighted by Crippen LogP contribution is 2.31. The summed E-state index contributed by atoms with van der Waals surface area (Å²) in [6.07, 6.45) is 4.58. The van der Waals surface area contributed by atoms with E-state index in [1.54, 1.807) is 10.5 Å². The monoisotopic (exact) mass is 314 g/mol. The second-order valence-corrected chi connectivity index (χ2v) is 8.38. The number of sulfonamides is 1. The van der Waals surface area contributed by atoms with Crippen LogP contribution in [0.4, 0.5) is 0 Å². The van der Waals surface area contributed by atoms with Gasteiger partial charge in [-0.3, -0.25) is 5.10 Å². The number of hydrogen-bond donors (Lipinski definition) is 2. The molecule has 1 saturated heterocycles. The van der Waals surface area contributed by atoms with Crippen LogP contribution in [-0.4, -0.2) is 42.6 Å². The van der Waals surface area contributed by atoms with Gasteiger partial charge in [0.15, 0.2) is 5.03 Å². The fraction of sp³-hybridized carbons (Fsp3) is 0.786. The molecule has 1 fully saturated rings. The minimum Gasteiger partial charge on any atom is -0.313 e. The molecule has 2 N–H and O–H groups in total. The number of nitrogens with one attached hydrogen (secondary N) is 2. The molecular formula is C14H26N4O2S. The van der Waals surface area contributed by atoms with Crippen LogP contribution >= 0.6 is 0 Å². The number of aromatic nitrogens is 2. The second kappa shape index (κ2) is 6.46. The van der Waals surface area contributed by atoms with E-state index in [1.807, 2.05) is 0 Å². The summed E-state index contributed by atoms with van der Waals surface area (Å²) < 4.78 is 27.2. The quantitative estimate of drug-likeness (QED) is 0.784. The van der Waals surface area contributed by atoms with Crippen LogP contribution in [-0.2, 0) is 16.6 Å². The third kappa shape index (κ3) is 3.84. The predicted octanol–water partition coefficient (Wildman–Crippen LogP) is 1.72. The lowest BCUT2D eigenvalue weighted by molar-refractivity contribution is 0.186. The summed E-state index contributed by atoms with van der Waals surface area (Å²) in [4.78, 5) is 0. The molecule has 6 nitrogen and oxygen atoms in total. The first kappa shape index (κ1) is 16.5. The number of H-pyrrole nitrogens is 1. The average Bonchev–Trinajstić information content (AvgIpc) is 2.87. The molecule has 0 atom stereocenters. The zero-order valence-corrected chi connectivity index (χ0v) is 14.0. The molecule has 0 aromatic carbocycles. The fourth-order valence-corrected chi connectivity index (χ4v) is 4.52. The summed E-state index contributed by atoms with van der Waals surface area (Å²) in [5, 5.41) is 10.1. The van der Waals surface area contributed by atoms with Crippen LogP contribution in [0.5, 0.6) is 0 Å². The number of rotatable bonds is 6. The Kier molecular flexibility index (Phi) is 5.06. The van der Waals surface area contributed by atoms with Crippen LogP contribution in [0.25, 0.3) is 0 Å². The largest absolute Gasteiger partial charge is 0.313 e. The molecule has 0 unspecified atom stereocenters. The first-order valence-electron chi connectivity index (χ1n) is 7.60. The Labute approximate surface area is 127 Å². The lowest BCUT2D eigenvalue weighted by atomic mass is 9.85. The zero-order valence-electron chi connectivity index (χ0n) is 13.1. The molecule has 1 aliphatic rings. The van der Waals surface area contributed by atoms with Gasteiger partial charge in [0.25, 0.3) is 10.0 Å². The summed E-state index contributed by atoms with van der Waals surface area (Å²) in [6.45, 7) is 8.85. The molecule has 7 heteroatoms. The van der Waals surface area contributed by atoms with E-state index in [1.165, 1.54) is 0 Å². The van der Waals surface area contributed by atoms with Crippen LogP contribution in [0, 0.1) is 5.41 Å². The van der Waals surface area contributed by atoms with Crippen molar-refractivity contribution in [2.45, 2.75) is 51.6 Å². The van der Waals surface area contributed by atoms with Gasteiger partial charge in [0.05, 0.1) is 6.20 Å². The van der Waals surface area contributed by atoms with Gasteiger partial charge in [-0.05, 0) is 31.2 Å². The molecular weight excluding hydrogens is 288 g/mol. The first-order chi connectivity index (χ1) is 9.87. The predicted molar refractivity (Wildman–Crippen MR) is 82.4 cm³/mol. The SMILES string of the molecule is CCCNCc1cn[nH]c1S(=O)(=O)N1CCCC(C)(C)C1. The van der Waals surface area contributed by atoms with E-state index in [0.29, 0.717) is 25.2 Å². The van der Waals surface area contributed by atoms with Crippen molar-refractivity contribution in [3.05, 3.63) is 11.8 Å². The minimum absolute atomic E-state index is 0.0337. The van der Waals surface area contributed by atoms with Crippen LogP contribution < -0.4 is 5.32 Å². The number of aromatic amines is 1. The molecule has 0 amide bonds. The summed E-state index contributed by atoms with van der Waals surface area (Å²) in [5.74, 6) is 0. The molecule has 0 spiro atoms. The number of hydrogen-bond acceptors (Lipinski definition) is 4. The van der Waals surface area contributed by atoms with Gasteiger partial charge in [0.1, 0.15) is 0 Å². The smallest absolute Gasteiger partial charge is 0.260 e. The maximum Gasteiger partial charge on any atom is 0.260 e. The van der Waals surface area contributed by atoms with Crippen LogP contribution in [0.15, 0.2) is 11.2 Å². The Morgan fingerprint density at radius 2 is 2.24 bits per heavy atom. The number of piperidine rings is 1. The molecule has 1 aromatic rings. The van der Waals surface area contributed by atoms with Gasteiger partial charge in [-0.2, -0.15) is 9.40 Å². The van der Waals surface area contributed by atoms with Crippen LogP contribution in [0.3, 0.4) is 0 Å². The van der Waals surface area contributed by atoms with E-state index in [2.05, 4.69) is 36.3 Å². The van der Waals surface area contributed by atoms with Gasteiger partial charge in [0, 0.05) is 25.2 Å². The standard InChI is InChI=1S/C14H26N4O2S/c1-4-7-15-9-12-10-16-17-13(12)21(19,20)18-8-5-6-14(2,3)11-18/h10,15H,4-9,11H2,1-3H3,(H,16,17). The van der Waals surface area contributed by atoms with E-state index in [0.717, 1.165) is 25.8 Å². The molecule has 2 heterocycles. The van der Waals surface area contributed by atoms with Crippen molar-refractivity contribution in [1.29, 1.82) is 0 Å². The zero-order chi connectivity index (χ0) is 15.5. The second-order valence-electron chi connectivity index (χ2n) is 6.51. The van der Waals surface area contributed by atoms with Gasteiger partial charge >= 0.3 is 0 Å². The Hall–Kier alpha value is -0.920. The van der Waals surface area contributed by atoms with Gasteiger partial charge in [-0.15, -0.1) is 0 Å². The van der Waals surface area contributed by atoms with Crippen molar-refractivity contribution in [2.75, 3.05) is 19.6 Å². The van der Waals surface area contributed by atoms with Gasteiger partial charge in [-0.1, -0.05) is 20.8 Å². The Morgan fingerprint density at radius 1 is 1.48 bits per heavy atom. The molecule has 1 aliphatic heterocycles. The van der Waals surface area contributed by atoms with Gasteiger partial charge in [-0.25, -0.2) is 8.42 Å². The fourth-order valence-electron chi connectivity index (χ4n) is 2.75. The van der Waals surface area contributed by atoms with Crippen molar-refractivity contribution in [3.63, 3.8) is 0 Å². The van der Waals surface area contributed by atoms with Crippen LogP contribution in [0.2, 0.25) is 0 Å². The lowest BCUT2D eigenvalue weighted by Crippen LogP contribution is -2.43. The van der Waals surface area contributed by atoms with Crippen LogP contribution in [0.1, 0.15) is 45.6 Å². The minimum atomic E-state index is -3.48. The highest BCUT2D eigenvalue weighted by molar-refractivity contribution is 7.89. The molecule has 0 radical (unpaired) electrons. The van der Waals surface area contributed by atoms with Gasteiger partial charge < -0.3 is 5.32 Å². The molecule has 21 heavy (non-hydrogen) atoms. The molecule has 0 saturated carbocycles. The topological polar surface area (TPSA) is 78.1 Å². The average molecular weight is 314 g/mol. The van der Waals surface area contributed by atoms with E-state index in [-0.39, 0.29) is 10.4 Å². The van der Waals surface area contributed by atoms with E-state index >= 15 is 0 Å². The third-order valence-corrected chi connectivity index (χ3v) is 5.74. The summed E-state index contributed by atoms with van der Waals surface area (Å²) in [6, 6.07) is 0. The Morgan fingerprint density at radius 3 is 2.90 bits per heavy atom. The Balaban J connectivity index is 2.18. The Bertz CT molecular complexity index is 565. The van der Waals surface area contributed by atoms with Crippen molar-refractivity contribution in [1.82, 2.24) is 19.8 Å². The summed E-state index contributed by atoms with van der Waals surface area (Å²) in [7, 11) is -3.48. The summed E-state index contributed by atoms with van der Waals surface area (Å²) >= 11 is 0. The van der Waals surface area contributed by atoms with E-state index < -0.39 is 10.0 Å². The first-order valence-corrected chi connectivity index (χ1v) is 9.04. The third-order valence-electron chi connectivity index (χ3n) is 3.88. The normalized spacial score (nSPS) is 19.8. The van der Waals surface area contributed by atoms with Crippen molar-refractivity contribution < 1.29 is 8.42 Å². The lowest BCUT2D eigenvalue weighted by Gasteiger charge is -2.36. The maximum atomic E-state index is 12.8. The summed E-state index contributed by atoms with van der Waals surface area (Å²) in [5.41, 5.74) is 0.748. The van der Waals surface area contributed by atoms with E-state index in [4.69, 9.17) is 0 Å². The molecule has 0 aliphatic carbocycles. The number of nitrogens with zero attached hydrogens (tertiary/aromatic N) is 2. The molecule has 2 rings (SSSR count). The molecule has 1 aromatic heterocycles. The van der Waals surface area contributed by atoms with Crippen molar-refractivity contribution in [3.8, 4) is 0 Å². The highest BCUT2D eigenvalue weighted by atomic mass is 32.2. The molecule has 0 bridgehead atoms.